The van der Waals surface area contributed by atoms with Crippen molar-refractivity contribution in [2.75, 3.05) is 66.5 Å². The number of thiophene rings is 2. The first-order chi connectivity index (χ1) is 30.1. The van der Waals surface area contributed by atoms with E-state index in [-0.39, 0.29) is 23.6 Å². The molecule has 2 aromatic carbocycles. The number of nitrogens with zero attached hydrogens (tertiary/aromatic N) is 4. The van der Waals surface area contributed by atoms with Crippen LogP contribution >= 0.6 is 45.9 Å². The van der Waals surface area contributed by atoms with Gasteiger partial charge < -0.3 is 40.5 Å². The van der Waals surface area contributed by atoms with E-state index < -0.39 is 12.2 Å². The van der Waals surface area contributed by atoms with Crippen molar-refractivity contribution in [3.63, 3.8) is 0 Å². The van der Waals surface area contributed by atoms with Crippen molar-refractivity contribution >= 4 is 89.9 Å². The summed E-state index contributed by atoms with van der Waals surface area (Å²) >= 11 is 15.7. The molecule has 2 atom stereocenters. The monoisotopic (exact) mass is 912 g/mol. The van der Waals surface area contributed by atoms with Crippen LogP contribution in [0.15, 0.2) is 60.9 Å². The lowest BCUT2D eigenvalue weighted by molar-refractivity contribution is -0.139. The van der Waals surface area contributed by atoms with E-state index in [2.05, 4.69) is 31.2 Å². The fourth-order valence-corrected chi connectivity index (χ4v) is 10.9. The molecule has 0 spiro atoms. The van der Waals surface area contributed by atoms with Crippen LogP contribution in [0, 0.1) is 0 Å². The Balaban J connectivity index is 0.000000158. The SMILES string of the molecule is CNC(=O)c1cc2nccc(-c3cc(Cl)cc4c3O[C@@H](C(=O)N3CCNCC3)C4)c2s1.CNC(=O)c1cc2nccc(-c3cc(Cl)cc4c3O[C@H](C(=O)N3CCNCC3)C4)c2s1. The van der Waals surface area contributed by atoms with E-state index in [0.29, 0.717) is 70.3 Å². The molecule has 4 aromatic heterocycles. The Bertz CT molecular complexity index is 2560. The zero-order valence-electron chi connectivity index (χ0n) is 33.8. The zero-order valence-corrected chi connectivity index (χ0v) is 37.0. The van der Waals surface area contributed by atoms with Gasteiger partial charge in [-0.2, -0.15) is 0 Å². The lowest BCUT2D eigenvalue weighted by Gasteiger charge is -2.29. The number of hydrogen-bond acceptors (Lipinski definition) is 12. The predicted octanol–water partition coefficient (Wildman–Crippen LogP) is 5.42. The number of halogens is 2. The molecule has 4 aliphatic rings. The number of ether oxygens (including phenoxy) is 2. The quantitative estimate of drug-likeness (QED) is 0.170. The van der Waals surface area contributed by atoms with Crippen molar-refractivity contribution in [2.24, 2.45) is 0 Å². The summed E-state index contributed by atoms with van der Waals surface area (Å²) in [5.74, 6) is 1.09. The molecule has 10 rings (SSSR count). The van der Waals surface area contributed by atoms with Crippen LogP contribution in [-0.2, 0) is 22.4 Å². The van der Waals surface area contributed by atoms with Gasteiger partial charge in [0.05, 0.1) is 30.2 Å². The van der Waals surface area contributed by atoms with Crippen molar-refractivity contribution in [2.45, 2.75) is 25.0 Å². The summed E-state index contributed by atoms with van der Waals surface area (Å²) in [6.45, 7) is 5.92. The molecule has 0 aliphatic carbocycles. The van der Waals surface area contributed by atoms with Gasteiger partial charge in [0.2, 0.25) is 0 Å². The van der Waals surface area contributed by atoms with Crippen molar-refractivity contribution < 1.29 is 28.7 Å². The van der Waals surface area contributed by atoms with Gasteiger partial charge in [-0.25, -0.2) is 0 Å². The minimum absolute atomic E-state index is 0.0117. The van der Waals surface area contributed by atoms with E-state index in [1.54, 1.807) is 38.6 Å². The second kappa shape index (κ2) is 17.8. The van der Waals surface area contributed by atoms with Crippen LogP contribution in [0.5, 0.6) is 11.5 Å². The average Bonchev–Trinajstić information content (AvgIpc) is 4.13. The van der Waals surface area contributed by atoms with Crippen LogP contribution in [-0.4, -0.2) is 122 Å². The summed E-state index contributed by atoms with van der Waals surface area (Å²) in [6, 6.07) is 14.8. The molecule has 4 amide bonds. The summed E-state index contributed by atoms with van der Waals surface area (Å²) in [6.07, 6.45) is 3.31. The van der Waals surface area contributed by atoms with E-state index in [1.807, 2.05) is 46.2 Å². The maximum atomic E-state index is 13.0. The molecule has 0 radical (unpaired) electrons. The minimum Gasteiger partial charge on any atom is -0.479 e. The standard InChI is InChI=1S/2C22H21ClN4O3S/c2*1-24-21(28)18-11-16-20(31-18)14(2-3-26-16)15-10-13(23)8-12-9-17(30-19(12)15)22(29)27-6-4-25-5-7-27/h2*2-3,8,10-11,17,25H,4-7,9H2,1H3,(H,24,28)/t2*17-/m10/s1. The maximum absolute atomic E-state index is 13.0. The molecule has 4 aliphatic heterocycles. The smallest absolute Gasteiger partial charge is 0.264 e. The van der Waals surface area contributed by atoms with Crippen LogP contribution in [0.3, 0.4) is 0 Å². The molecule has 2 saturated heterocycles. The van der Waals surface area contributed by atoms with Crippen LogP contribution in [0.4, 0.5) is 0 Å². The molecule has 2 fully saturated rings. The molecule has 0 unspecified atom stereocenters. The Morgan fingerprint density at radius 1 is 0.629 bits per heavy atom. The molecule has 18 heteroatoms. The largest absolute Gasteiger partial charge is 0.479 e. The van der Waals surface area contributed by atoms with Gasteiger partial charge in [-0.3, -0.25) is 29.1 Å². The number of carbonyl (C=O) groups excluding carboxylic acids is 4. The van der Waals surface area contributed by atoms with Gasteiger partial charge in [-0.15, -0.1) is 22.7 Å². The number of fused-ring (bicyclic) bond motifs is 4. The number of benzene rings is 2. The predicted molar refractivity (Wildman–Crippen MR) is 242 cm³/mol. The topological polar surface area (TPSA) is 167 Å². The third-order valence-corrected chi connectivity index (χ3v) is 14.1. The Morgan fingerprint density at radius 2 is 1.03 bits per heavy atom. The molecular formula is C44H42Cl2N8O6S2. The number of hydrogen-bond donors (Lipinski definition) is 4. The Morgan fingerprint density at radius 3 is 1.42 bits per heavy atom. The Kier molecular flexibility index (Phi) is 12.0. The minimum atomic E-state index is -0.549. The number of aromatic nitrogens is 2. The van der Waals surface area contributed by atoms with Gasteiger partial charge >= 0.3 is 0 Å². The first-order valence-electron chi connectivity index (χ1n) is 20.3. The highest BCUT2D eigenvalue weighted by Gasteiger charge is 2.37. The Hall–Kier alpha value is -5.36. The number of rotatable bonds is 6. The number of piperazine rings is 2. The lowest BCUT2D eigenvalue weighted by atomic mass is 10.0. The van der Waals surface area contributed by atoms with Crippen LogP contribution in [0.1, 0.15) is 30.5 Å². The van der Waals surface area contributed by atoms with Crippen molar-refractivity contribution in [3.05, 3.63) is 91.9 Å². The average molecular weight is 914 g/mol. The molecule has 14 nitrogen and oxygen atoms in total. The fraction of sp³-hybridized carbons (Fsp3) is 0.318. The van der Waals surface area contributed by atoms with Crippen LogP contribution < -0.4 is 30.7 Å². The highest BCUT2D eigenvalue weighted by atomic mass is 35.5. The van der Waals surface area contributed by atoms with Gasteiger partial charge in [0.1, 0.15) is 11.5 Å². The summed E-state index contributed by atoms with van der Waals surface area (Å²) in [5.41, 5.74) is 6.72. The van der Waals surface area contributed by atoms with Gasteiger partial charge in [0.25, 0.3) is 23.6 Å². The third kappa shape index (κ3) is 8.18. The molecule has 320 valence electrons. The van der Waals surface area contributed by atoms with Gasteiger partial charge in [-0.1, -0.05) is 23.2 Å². The number of pyridine rings is 2. The molecule has 0 saturated carbocycles. The number of amides is 4. The number of carbonyl (C=O) groups is 4. The molecule has 0 bridgehead atoms. The summed E-state index contributed by atoms with van der Waals surface area (Å²) in [5, 5.41) is 13.0. The van der Waals surface area contributed by atoms with Crippen molar-refractivity contribution in [1.82, 2.24) is 41.0 Å². The van der Waals surface area contributed by atoms with E-state index in [0.717, 1.165) is 80.0 Å². The van der Waals surface area contributed by atoms with Gasteiger partial charge in [-0.05, 0) is 48.5 Å². The van der Waals surface area contributed by atoms with Crippen molar-refractivity contribution in [1.29, 1.82) is 0 Å². The normalized spacial score (nSPS) is 18.0. The first kappa shape index (κ1) is 42.0. The number of nitrogens with one attached hydrogen (secondary N) is 4. The second-order valence-electron chi connectivity index (χ2n) is 15.2. The highest BCUT2D eigenvalue weighted by Crippen LogP contribution is 2.46. The maximum Gasteiger partial charge on any atom is 0.264 e. The molecular weight excluding hydrogens is 872 g/mol. The molecule has 4 N–H and O–H groups in total. The third-order valence-electron chi connectivity index (χ3n) is 11.3. The van der Waals surface area contributed by atoms with E-state index in [9.17, 15) is 19.2 Å². The van der Waals surface area contributed by atoms with Crippen LogP contribution in [0.2, 0.25) is 10.0 Å². The van der Waals surface area contributed by atoms with E-state index >= 15 is 0 Å². The molecule has 8 heterocycles. The second-order valence-corrected chi connectivity index (χ2v) is 18.2. The Labute approximate surface area is 374 Å². The fourth-order valence-electron chi connectivity index (χ4n) is 8.27. The zero-order chi connectivity index (χ0) is 43.1. The van der Waals surface area contributed by atoms with Crippen LogP contribution in [0.25, 0.3) is 42.7 Å². The molecule has 62 heavy (non-hydrogen) atoms. The first-order valence-corrected chi connectivity index (χ1v) is 22.7. The van der Waals surface area contributed by atoms with Gasteiger partial charge in [0.15, 0.2) is 12.2 Å². The van der Waals surface area contributed by atoms with E-state index in [4.69, 9.17) is 32.7 Å². The summed E-state index contributed by atoms with van der Waals surface area (Å²) in [7, 11) is 3.21. The van der Waals surface area contributed by atoms with Crippen molar-refractivity contribution in [3.8, 4) is 33.8 Å². The summed E-state index contributed by atoms with van der Waals surface area (Å²) in [4.78, 5) is 64.0. The van der Waals surface area contributed by atoms with Gasteiger partial charge in [0, 0.05) is 135 Å². The van der Waals surface area contributed by atoms with E-state index in [1.165, 1.54) is 22.7 Å². The lowest BCUT2D eigenvalue weighted by Crippen LogP contribution is -2.50. The summed E-state index contributed by atoms with van der Waals surface area (Å²) < 4.78 is 14.2. The molecule has 6 aromatic rings. The highest BCUT2D eigenvalue weighted by molar-refractivity contribution is 7.21.